The van der Waals surface area contributed by atoms with Gasteiger partial charge in [0.25, 0.3) is 5.91 Å². The highest BCUT2D eigenvalue weighted by Crippen LogP contribution is 2.29. The number of aliphatic imine (C=N–C) groups is 1. The number of para-hydroxylation sites is 1. The molecule has 0 saturated heterocycles. The molecule has 8 heteroatoms. The predicted octanol–water partition coefficient (Wildman–Crippen LogP) is 6.76. The highest BCUT2D eigenvalue weighted by molar-refractivity contribution is 6.34. The molecule has 1 aromatic heterocycles. The zero-order valence-corrected chi connectivity index (χ0v) is 17.8. The van der Waals surface area contributed by atoms with E-state index in [0.29, 0.717) is 22.0 Å². The molecule has 3 rings (SSSR count). The number of halogens is 4. The molecule has 2 aromatic carbocycles. The highest BCUT2D eigenvalue weighted by Gasteiger charge is 2.33. The van der Waals surface area contributed by atoms with Crippen LogP contribution in [-0.4, -0.2) is 16.6 Å². The third-order valence-corrected chi connectivity index (χ3v) is 4.97. The summed E-state index contributed by atoms with van der Waals surface area (Å²) < 4.78 is 38.4. The van der Waals surface area contributed by atoms with E-state index in [1.54, 1.807) is 18.2 Å². The number of hydrogen-bond acceptors (Lipinski definition) is 3. The summed E-state index contributed by atoms with van der Waals surface area (Å²) in [5, 5.41) is 3.14. The van der Waals surface area contributed by atoms with Crippen LogP contribution in [-0.2, 0) is 6.18 Å². The summed E-state index contributed by atoms with van der Waals surface area (Å²) in [4.78, 5) is 20.7. The number of nitrogens with one attached hydrogen (secondary N) is 1. The van der Waals surface area contributed by atoms with E-state index in [0.717, 1.165) is 23.4 Å². The van der Waals surface area contributed by atoms with E-state index in [1.165, 1.54) is 6.92 Å². The predicted molar refractivity (Wildman–Crippen MR) is 116 cm³/mol. The van der Waals surface area contributed by atoms with Crippen molar-refractivity contribution in [3.8, 4) is 0 Å². The van der Waals surface area contributed by atoms with Gasteiger partial charge in [0.2, 0.25) is 0 Å². The van der Waals surface area contributed by atoms with Gasteiger partial charge in [-0.05, 0) is 62.7 Å². The third-order valence-electron chi connectivity index (χ3n) is 4.64. The summed E-state index contributed by atoms with van der Waals surface area (Å²) >= 11 is 6.33. The van der Waals surface area contributed by atoms with Gasteiger partial charge in [-0.1, -0.05) is 29.8 Å². The van der Waals surface area contributed by atoms with Crippen molar-refractivity contribution in [1.82, 2.24) is 4.98 Å². The van der Waals surface area contributed by atoms with Crippen LogP contribution in [0.25, 0.3) is 0 Å². The summed E-state index contributed by atoms with van der Waals surface area (Å²) in [6.45, 7) is 5.12. The second kappa shape index (κ2) is 8.89. The zero-order chi connectivity index (χ0) is 22.8. The molecule has 0 aliphatic rings. The van der Waals surface area contributed by atoms with Gasteiger partial charge in [-0.2, -0.15) is 13.2 Å². The van der Waals surface area contributed by atoms with Crippen molar-refractivity contribution in [2.45, 2.75) is 26.9 Å². The Hall–Kier alpha value is -3.19. The van der Waals surface area contributed by atoms with Crippen molar-refractivity contribution in [2.24, 2.45) is 4.99 Å². The minimum atomic E-state index is -4.57. The molecule has 31 heavy (non-hydrogen) atoms. The van der Waals surface area contributed by atoms with E-state index in [1.807, 2.05) is 38.1 Å². The van der Waals surface area contributed by atoms with Crippen LogP contribution in [0.15, 0.2) is 59.6 Å². The van der Waals surface area contributed by atoms with Gasteiger partial charge >= 0.3 is 6.18 Å². The lowest BCUT2D eigenvalue weighted by Gasteiger charge is -2.12. The smallest absolute Gasteiger partial charge is 0.322 e. The average molecular weight is 446 g/mol. The summed E-state index contributed by atoms with van der Waals surface area (Å²) in [5.74, 6) is -0.569. The van der Waals surface area contributed by atoms with Crippen LogP contribution in [0.2, 0.25) is 5.02 Å². The Morgan fingerprint density at radius 1 is 1.03 bits per heavy atom. The molecule has 0 radical (unpaired) electrons. The summed E-state index contributed by atoms with van der Waals surface area (Å²) in [7, 11) is 0. The van der Waals surface area contributed by atoms with E-state index in [4.69, 9.17) is 11.6 Å². The maximum Gasteiger partial charge on any atom is 0.433 e. The number of pyridine rings is 1. The molecule has 4 nitrogen and oxygen atoms in total. The lowest BCUT2D eigenvalue weighted by atomic mass is 10.1. The van der Waals surface area contributed by atoms with Crippen molar-refractivity contribution < 1.29 is 18.0 Å². The maximum atomic E-state index is 12.8. The lowest BCUT2D eigenvalue weighted by Crippen LogP contribution is -2.17. The maximum absolute atomic E-state index is 12.8. The molecular weight excluding hydrogens is 427 g/mol. The standard InChI is InChI=1S/C23H19ClF3N3O/c1-13-6-4-5-7-20(13)28-15(3)18-12-16(8-10-19(18)24)30-22(31)17-9-11-21(23(25,26)27)29-14(17)2/h4-12H,1-3H3,(H,30,31)/b28-15+. The normalized spacial score (nSPS) is 12.0. The van der Waals surface area contributed by atoms with E-state index < -0.39 is 17.8 Å². The van der Waals surface area contributed by atoms with Crippen LogP contribution in [0.1, 0.15) is 39.8 Å². The number of anilines is 1. The van der Waals surface area contributed by atoms with Gasteiger partial charge in [0.05, 0.1) is 16.9 Å². The monoisotopic (exact) mass is 445 g/mol. The number of rotatable bonds is 4. The van der Waals surface area contributed by atoms with Crippen molar-refractivity contribution in [2.75, 3.05) is 5.32 Å². The quantitative estimate of drug-likeness (QED) is 0.451. The Morgan fingerprint density at radius 3 is 2.39 bits per heavy atom. The van der Waals surface area contributed by atoms with Crippen LogP contribution in [0, 0.1) is 13.8 Å². The number of benzene rings is 2. The van der Waals surface area contributed by atoms with E-state index in [9.17, 15) is 18.0 Å². The summed E-state index contributed by atoms with van der Waals surface area (Å²) in [6.07, 6.45) is -4.57. The number of aromatic nitrogens is 1. The second-order valence-electron chi connectivity index (χ2n) is 6.96. The molecule has 0 aliphatic carbocycles. The topological polar surface area (TPSA) is 54.4 Å². The number of aryl methyl sites for hydroxylation is 2. The zero-order valence-electron chi connectivity index (χ0n) is 17.0. The molecule has 0 unspecified atom stereocenters. The summed E-state index contributed by atoms with van der Waals surface area (Å²) in [6, 6.07) is 14.5. The van der Waals surface area contributed by atoms with Gasteiger partial charge in [0.1, 0.15) is 5.69 Å². The number of carbonyl (C=O) groups excluding carboxylic acids is 1. The third kappa shape index (κ3) is 5.30. The molecule has 0 saturated carbocycles. The molecule has 0 atom stereocenters. The molecule has 0 spiro atoms. The van der Waals surface area contributed by atoms with Crippen molar-refractivity contribution in [1.29, 1.82) is 0 Å². The van der Waals surface area contributed by atoms with Gasteiger partial charge in [0.15, 0.2) is 0 Å². The summed E-state index contributed by atoms with van der Waals surface area (Å²) in [5.41, 5.74) is 2.52. The average Bonchev–Trinajstić information content (AvgIpc) is 2.70. The number of alkyl halides is 3. The van der Waals surface area contributed by atoms with Gasteiger partial charge in [-0.3, -0.25) is 9.79 Å². The van der Waals surface area contributed by atoms with Crippen LogP contribution in [0.4, 0.5) is 24.5 Å². The van der Waals surface area contributed by atoms with Gasteiger partial charge in [-0.15, -0.1) is 0 Å². The van der Waals surface area contributed by atoms with E-state index in [2.05, 4.69) is 15.3 Å². The van der Waals surface area contributed by atoms with Crippen LogP contribution in [0.3, 0.4) is 0 Å². The molecule has 0 fully saturated rings. The van der Waals surface area contributed by atoms with Crippen LogP contribution >= 0.6 is 11.6 Å². The Balaban J connectivity index is 1.87. The first kappa shape index (κ1) is 22.5. The van der Waals surface area contributed by atoms with Gasteiger partial charge in [0, 0.05) is 22.0 Å². The number of carbonyl (C=O) groups is 1. The Morgan fingerprint density at radius 2 is 1.74 bits per heavy atom. The Bertz CT molecular complexity index is 1170. The number of nitrogens with zero attached hydrogens (tertiary/aromatic N) is 2. The minimum absolute atomic E-state index is 0.0150. The number of amides is 1. The Kier molecular flexibility index (Phi) is 6.45. The molecule has 1 amide bonds. The Labute approximate surface area is 182 Å². The van der Waals surface area contributed by atoms with E-state index in [-0.39, 0.29) is 11.3 Å². The molecule has 1 N–H and O–H groups in total. The molecule has 1 heterocycles. The lowest BCUT2D eigenvalue weighted by molar-refractivity contribution is -0.141. The first-order valence-corrected chi connectivity index (χ1v) is 9.71. The van der Waals surface area contributed by atoms with Crippen molar-refractivity contribution >= 4 is 34.6 Å². The number of hydrogen-bond donors (Lipinski definition) is 1. The fourth-order valence-corrected chi connectivity index (χ4v) is 3.22. The molecule has 3 aromatic rings. The molecule has 0 aliphatic heterocycles. The van der Waals surface area contributed by atoms with Crippen LogP contribution in [0.5, 0.6) is 0 Å². The second-order valence-corrected chi connectivity index (χ2v) is 7.37. The fraction of sp³-hybridized carbons (Fsp3) is 0.174. The SMILES string of the molecule is C/C(=N\c1ccccc1C)c1cc(NC(=O)c2ccc(C(F)(F)F)nc2C)ccc1Cl. The van der Waals surface area contributed by atoms with Crippen LogP contribution < -0.4 is 5.32 Å². The first-order valence-electron chi connectivity index (χ1n) is 9.33. The first-order chi connectivity index (χ1) is 14.6. The fourth-order valence-electron chi connectivity index (χ4n) is 2.97. The highest BCUT2D eigenvalue weighted by atomic mass is 35.5. The molecule has 0 bridgehead atoms. The van der Waals surface area contributed by atoms with Crippen molar-refractivity contribution in [3.05, 3.63) is 87.7 Å². The van der Waals surface area contributed by atoms with E-state index >= 15 is 0 Å². The molecule has 160 valence electrons. The van der Waals surface area contributed by atoms with Gasteiger partial charge < -0.3 is 5.32 Å². The minimum Gasteiger partial charge on any atom is -0.322 e. The van der Waals surface area contributed by atoms with Crippen molar-refractivity contribution in [3.63, 3.8) is 0 Å². The largest absolute Gasteiger partial charge is 0.433 e. The molecular formula is C23H19ClF3N3O. The van der Waals surface area contributed by atoms with Gasteiger partial charge in [-0.25, -0.2) is 4.98 Å².